The molecule has 0 aromatic heterocycles. The molecule has 7 nitrogen and oxygen atoms in total. The molecule has 0 spiro atoms. The third-order valence-corrected chi connectivity index (χ3v) is 4.82. The molecule has 2 heterocycles. The molecule has 2 aromatic carbocycles. The first-order chi connectivity index (χ1) is 13.0. The predicted molar refractivity (Wildman–Crippen MR) is 96.9 cm³/mol. The van der Waals surface area contributed by atoms with Crippen LogP contribution in [-0.2, 0) is 16.1 Å². The van der Waals surface area contributed by atoms with Crippen molar-refractivity contribution in [3.05, 3.63) is 65.2 Å². The van der Waals surface area contributed by atoms with E-state index in [-0.39, 0.29) is 24.1 Å². The molecular weight excluding hydrogens is 346 g/mol. The van der Waals surface area contributed by atoms with E-state index in [1.165, 1.54) is 4.90 Å². The molecule has 0 radical (unpaired) electrons. The van der Waals surface area contributed by atoms with Crippen LogP contribution in [0, 0.1) is 0 Å². The number of fused-ring (bicyclic) bond motifs is 1. The second-order valence-electron chi connectivity index (χ2n) is 6.59. The SMILES string of the molecule is O=C1CCC(N2Cc3ccc(NC(=O)c4ccccc4)cc3C2=O)C(=O)N1. The minimum atomic E-state index is -0.648. The summed E-state index contributed by atoms with van der Waals surface area (Å²) in [5, 5.41) is 5.06. The molecule has 1 saturated heterocycles. The summed E-state index contributed by atoms with van der Waals surface area (Å²) in [4.78, 5) is 49.9. The van der Waals surface area contributed by atoms with Gasteiger partial charge in [-0.3, -0.25) is 24.5 Å². The number of nitrogens with zero attached hydrogens (tertiary/aromatic N) is 1. The number of carbonyl (C=O) groups is 4. The fourth-order valence-electron chi connectivity index (χ4n) is 3.43. The van der Waals surface area contributed by atoms with Crippen molar-refractivity contribution in [3.8, 4) is 0 Å². The number of hydrogen-bond donors (Lipinski definition) is 2. The van der Waals surface area contributed by atoms with E-state index in [0.717, 1.165) is 5.56 Å². The Balaban J connectivity index is 1.52. The lowest BCUT2D eigenvalue weighted by atomic mass is 10.0. The number of anilines is 1. The third kappa shape index (κ3) is 3.19. The summed E-state index contributed by atoms with van der Waals surface area (Å²) in [6, 6.07) is 13.3. The molecule has 0 aliphatic carbocycles. The highest BCUT2D eigenvalue weighted by molar-refractivity contribution is 6.07. The third-order valence-electron chi connectivity index (χ3n) is 4.82. The second kappa shape index (κ2) is 6.68. The lowest BCUT2D eigenvalue weighted by Crippen LogP contribution is -2.52. The van der Waals surface area contributed by atoms with Gasteiger partial charge in [0.1, 0.15) is 6.04 Å². The quantitative estimate of drug-likeness (QED) is 0.812. The van der Waals surface area contributed by atoms with Crippen LogP contribution in [0.2, 0.25) is 0 Å². The van der Waals surface area contributed by atoms with Crippen molar-refractivity contribution in [2.75, 3.05) is 5.32 Å². The van der Waals surface area contributed by atoms with E-state index in [2.05, 4.69) is 10.6 Å². The van der Waals surface area contributed by atoms with Crippen LogP contribution in [0.1, 0.15) is 39.1 Å². The zero-order valence-electron chi connectivity index (χ0n) is 14.4. The van der Waals surface area contributed by atoms with Crippen LogP contribution < -0.4 is 10.6 Å². The van der Waals surface area contributed by atoms with Crippen LogP contribution in [0.5, 0.6) is 0 Å². The smallest absolute Gasteiger partial charge is 0.255 e. The summed E-state index contributed by atoms with van der Waals surface area (Å²) < 4.78 is 0. The van der Waals surface area contributed by atoms with Crippen molar-refractivity contribution in [2.45, 2.75) is 25.4 Å². The summed E-state index contributed by atoms with van der Waals surface area (Å²) in [6.45, 7) is 0.313. The lowest BCUT2D eigenvalue weighted by Gasteiger charge is -2.29. The van der Waals surface area contributed by atoms with Crippen LogP contribution >= 0.6 is 0 Å². The molecule has 2 aliphatic rings. The first-order valence-electron chi connectivity index (χ1n) is 8.67. The number of carbonyl (C=O) groups excluding carboxylic acids is 4. The Kier molecular flexibility index (Phi) is 4.19. The Morgan fingerprint density at radius 3 is 2.59 bits per heavy atom. The topological polar surface area (TPSA) is 95.6 Å². The molecular formula is C20H17N3O4. The summed E-state index contributed by atoms with van der Waals surface area (Å²) in [6.07, 6.45) is 0.539. The highest BCUT2D eigenvalue weighted by atomic mass is 16.2. The molecule has 2 aliphatic heterocycles. The number of amides is 4. The van der Waals surface area contributed by atoms with Gasteiger partial charge in [-0.05, 0) is 36.2 Å². The highest BCUT2D eigenvalue weighted by Crippen LogP contribution is 2.29. The Morgan fingerprint density at radius 2 is 1.85 bits per heavy atom. The van der Waals surface area contributed by atoms with Gasteiger partial charge >= 0.3 is 0 Å². The van der Waals surface area contributed by atoms with E-state index in [0.29, 0.717) is 29.8 Å². The summed E-state index contributed by atoms with van der Waals surface area (Å²) in [5.41, 5.74) is 2.29. The van der Waals surface area contributed by atoms with E-state index in [1.807, 2.05) is 6.07 Å². The van der Waals surface area contributed by atoms with Gasteiger partial charge in [-0.2, -0.15) is 0 Å². The van der Waals surface area contributed by atoms with Gasteiger partial charge in [0.15, 0.2) is 0 Å². The molecule has 2 N–H and O–H groups in total. The maximum Gasteiger partial charge on any atom is 0.255 e. The van der Waals surface area contributed by atoms with Crippen molar-refractivity contribution in [2.24, 2.45) is 0 Å². The zero-order valence-corrected chi connectivity index (χ0v) is 14.4. The fraction of sp³-hybridized carbons (Fsp3) is 0.200. The van der Waals surface area contributed by atoms with E-state index < -0.39 is 11.9 Å². The molecule has 1 fully saturated rings. The number of piperidine rings is 1. The molecule has 27 heavy (non-hydrogen) atoms. The minimum Gasteiger partial charge on any atom is -0.322 e. The zero-order chi connectivity index (χ0) is 19.0. The standard InChI is InChI=1S/C20H17N3O4/c24-17-9-8-16(19(26)22-17)23-11-13-6-7-14(10-15(13)20(23)27)21-18(25)12-4-2-1-3-5-12/h1-7,10,16H,8-9,11H2,(H,21,25)(H,22,24,26). The Bertz CT molecular complexity index is 955. The van der Waals surface area contributed by atoms with E-state index >= 15 is 0 Å². The average Bonchev–Trinajstić information content (AvgIpc) is 2.99. The molecule has 0 saturated carbocycles. The van der Waals surface area contributed by atoms with Crippen molar-refractivity contribution in [3.63, 3.8) is 0 Å². The van der Waals surface area contributed by atoms with E-state index in [4.69, 9.17) is 0 Å². The normalized spacial score (nSPS) is 18.9. The van der Waals surface area contributed by atoms with Gasteiger partial charge in [0, 0.05) is 29.8 Å². The summed E-state index contributed by atoms with van der Waals surface area (Å²) >= 11 is 0. The highest BCUT2D eigenvalue weighted by Gasteiger charge is 2.39. The molecule has 4 amide bonds. The molecule has 4 rings (SSSR count). The Hall–Kier alpha value is -3.48. The second-order valence-corrected chi connectivity index (χ2v) is 6.59. The average molecular weight is 363 g/mol. The van der Waals surface area contributed by atoms with Gasteiger partial charge in [0.25, 0.3) is 11.8 Å². The number of nitrogens with one attached hydrogen (secondary N) is 2. The van der Waals surface area contributed by atoms with Gasteiger partial charge in [0.05, 0.1) is 0 Å². The molecule has 0 bridgehead atoms. The minimum absolute atomic E-state index is 0.217. The maximum absolute atomic E-state index is 12.8. The largest absolute Gasteiger partial charge is 0.322 e. The number of rotatable bonds is 3. The lowest BCUT2D eigenvalue weighted by molar-refractivity contribution is -0.136. The van der Waals surface area contributed by atoms with Crippen molar-refractivity contribution < 1.29 is 19.2 Å². The van der Waals surface area contributed by atoms with Gasteiger partial charge in [0.2, 0.25) is 11.8 Å². The first kappa shape index (κ1) is 17.0. The Morgan fingerprint density at radius 1 is 1.07 bits per heavy atom. The van der Waals surface area contributed by atoms with Crippen molar-refractivity contribution in [1.82, 2.24) is 10.2 Å². The molecule has 2 aromatic rings. The van der Waals surface area contributed by atoms with Crippen molar-refractivity contribution in [1.29, 1.82) is 0 Å². The molecule has 1 atom stereocenters. The van der Waals surface area contributed by atoms with Crippen LogP contribution in [0.3, 0.4) is 0 Å². The fourth-order valence-corrected chi connectivity index (χ4v) is 3.43. The van der Waals surface area contributed by atoms with Gasteiger partial charge in [-0.15, -0.1) is 0 Å². The van der Waals surface area contributed by atoms with Crippen LogP contribution in [-0.4, -0.2) is 34.6 Å². The maximum atomic E-state index is 12.8. The first-order valence-corrected chi connectivity index (χ1v) is 8.67. The van der Waals surface area contributed by atoms with Gasteiger partial charge < -0.3 is 10.2 Å². The van der Waals surface area contributed by atoms with Crippen LogP contribution in [0.15, 0.2) is 48.5 Å². The molecule has 7 heteroatoms. The number of benzene rings is 2. The van der Waals surface area contributed by atoms with Crippen LogP contribution in [0.4, 0.5) is 5.69 Å². The Labute approximate surface area is 155 Å². The number of hydrogen-bond acceptors (Lipinski definition) is 4. The van der Waals surface area contributed by atoms with Crippen molar-refractivity contribution >= 4 is 29.3 Å². The molecule has 1 unspecified atom stereocenters. The van der Waals surface area contributed by atoms with E-state index in [1.54, 1.807) is 42.5 Å². The molecule has 136 valence electrons. The van der Waals surface area contributed by atoms with E-state index in [9.17, 15) is 19.2 Å². The number of imide groups is 1. The van der Waals surface area contributed by atoms with Gasteiger partial charge in [-0.1, -0.05) is 24.3 Å². The van der Waals surface area contributed by atoms with Crippen LogP contribution in [0.25, 0.3) is 0 Å². The van der Waals surface area contributed by atoms with Gasteiger partial charge in [-0.25, -0.2) is 0 Å². The monoisotopic (exact) mass is 363 g/mol. The summed E-state index contributed by atoms with van der Waals surface area (Å²) in [5.74, 6) is -1.28. The summed E-state index contributed by atoms with van der Waals surface area (Å²) in [7, 11) is 0. The predicted octanol–water partition coefficient (Wildman–Crippen LogP) is 1.70.